The molecule has 1 aliphatic heterocycles. The van der Waals surface area contributed by atoms with Gasteiger partial charge in [0.1, 0.15) is 0 Å². The van der Waals surface area contributed by atoms with Crippen LogP contribution in [0.15, 0.2) is 49.2 Å². The summed E-state index contributed by atoms with van der Waals surface area (Å²) in [5, 5.41) is 1.22. The average Bonchev–Trinajstić information content (AvgIpc) is 3.30. The molecule has 0 aliphatic carbocycles. The molecule has 5 heteroatoms. The molecule has 0 saturated carbocycles. The van der Waals surface area contributed by atoms with Gasteiger partial charge in [-0.15, -0.1) is 0 Å². The number of aryl methyl sites for hydroxylation is 1. The second-order valence-electron chi connectivity index (χ2n) is 6.51. The molecule has 0 bridgehead atoms. The van der Waals surface area contributed by atoms with E-state index < -0.39 is 0 Å². The molecule has 1 atom stereocenters. The van der Waals surface area contributed by atoms with Gasteiger partial charge >= 0.3 is 0 Å². The van der Waals surface area contributed by atoms with Crippen molar-refractivity contribution in [1.29, 1.82) is 0 Å². The smallest absolute Gasteiger partial charge is 0.222 e. The van der Waals surface area contributed by atoms with Crippen LogP contribution in [0.5, 0.6) is 0 Å². The van der Waals surface area contributed by atoms with E-state index in [4.69, 9.17) is 0 Å². The molecule has 124 valence electrons. The fourth-order valence-electron chi connectivity index (χ4n) is 3.65. The molecule has 1 fully saturated rings. The molecule has 0 radical (unpaired) electrons. The fraction of sp³-hybridized carbons (Fsp3) is 0.368. The highest BCUT2D eigenvalue weighted by molar-refractivity contribution is 5.84. The van der Waals surface area contributed by atoms with Crippen LogP contribution in [0.4, 0.5) is 0 Å². The number of piperidine rings is 1. The number of para-hydroxylation sites is 1. The van der Waals surface area contributed by atoms with E-state index in [1.165, 1.54) is 10.9 Å². The predicted octanol–water partition coefficient (Wildman–Crippen LogP) is 3.16. The molecule has 2 aromatic heterocycles. The van der Waals surface area contributed by atoms with Crippen LogP contribution in [-0.2, 0) is 11.2 Å². The topological polar surface area (TPSA) is 53.9 Å². The molecular formula is C19H22N4O. The van der Waals surface area contributed by atoms with Crippen LogP contribution in [0.25, 0.3) is 10.9 Å². The van der Waals surface area contributed by atoms with Crippen molar-refractivity contribution >= 4 is 16.8 Å². The van der Waals surface area contributed by atoms with Gasteiger partial charge in [-0.2, -0.15) is 0 Å². The lowest BCUT2D eigenvalue weighted by Gasteiger charge is -2.33. The quantitative estimate of drug-likeness (QED) is 0.802. The Morgan fingerprint density at radius 1 is 1.33 bits per heavy atom. The van der Waals surface area contributed by atoms with Gasteiger partial charge in [-0.3, -0.25) is 4.79 Å². The lowest BCUT2D eigenvalue weighted by Crippen LogP contribution is -2.40. The summed E-state index contributed by atoms with van der Waals surface area (Å²) in [4.78, 5) is 22.1. The summed E-state index contributed by atoms with van der Waals surface area (Å²) in [5.41, 5.74) is 2.36. The normalized spacial score (nSPS) is 18.2. The molecule has 1 saturated heterocycles. The molecule has 4 rings (SSSR count). The van der Waals surface area contributed by atoms with E-state index in [0.717, 1.165) is 37.9 Å². The van der Waals surface area contributed by atoms with Crippen LogP contribution < -0.4 is 0 Å². The number of imidazole rings is 1. The number of nitrogens with zero attached hydrogens (tertiary/aromatic N) is 3. The first-order chi connectivity index (χ1) is 11.8. The number of rotatable bonds is 4. The number of H-pyrrole nitrogens is 1. The van der Waals surface area contributed by atoms with E-state index in [1.54, 1.807) is 6.20 Å². The number of hydrogen-bond acceptors (Lipinski definition) is 2. The minimum absolute atomic E-state index is 0.255. The molecule has 1 N–H and O–H groups in total. The molecule has 24 heavy (non-hydrogen) atoms. The maximum absolute atomic E-state index is 12.6. The third-order valence-electron chi connectivity index (χ3n) is 4.98. The SMILES string of the molecule is O=C(CCc1c[nH]c2ccccc12)N1CCCC(n2ccnc2)C1. The highest BCUT2D eigenvalue weighted by atomic mass is 16.2. The van der Waals surface area contributed by atoms with Crippen molar-refractivity contribution in [2.75, 3.05) is 13.1 Å². The highest BCUT2D eigenvalue weighted by Gasteiger charge is 2.24. The molecule has 3 heterocycles. The minimum Gasteiger partial charge on any atom is -0.361 e. The van der Waals surface area contributed by atoms with Gasteiger partial charge in [0, 0.05) is 49.0 Å². The minimum atomic E-state index is 0.255. The Morgan fingerprint density at radius 3 is 3.12 bits per heavy atom. The number of aromatic nitrogens is 3. The van der Waals surface area contributed by atoms with Gasteiger partial charge in [0.15, 0.2) is 0 Å². The van der Waals surface area contributed by atoms with Crippen molar-refractivity contribution in [3.63, 3.8) is 0 Å². The van der Waals surface area contributed by atoms with Crippen LogP contribution in [-0.4, -0.2) is 38.4 Å². The molecule has 1 aliphatic rings. The second-order valence-corrected chi connectivity index (χ2v) is 6.51. The Kier molecular flexibility index (Phi) is 4.07. The summed E-state index contributed by atoms with van der Waals surface area (Å²) in [6.07, 6.45) is 11.2. The lowest BCUT2D eigenvalue weighted by atomic mass is 10.0. The van der Waals surface area contributed by atoms with Gasteiger partial charge in [0.25, 0.3) is 0 Å². The Morgan fingerprint density at radius 2 is 2.25 bits per heavy atom. The first-order valence-corrected chi connectivity index (χ1v) is 8.61. The van der Waals surface area contributed by atoms with Crippen LogP contribution in [0.3, 0.4) is 0 Å². The highest BCUT2D eigenvalue weighted by Crippen LogP contribution is 2.23. The average molecular weight is 322 g/mol. The zero-order chi connectivity index (χ0) is 16.4. The predicted molar refractivity (Wildman–Crippen MR) is 93.7 cm³/mol. The van der Waals surface area contributed by atoms with Crippen LogP contribution >= 0.6 is 0 Å². The van der Waals surface area contributed by atoms with Crippen molar-refractivity contribution in [1.82, 2.24) is 19.4 Å². The number of aromatic amines is 1. The van der Waals surface area contributed by atoms with Crippen molar-refractivity contribution in [3.8, 4) is 0 Å². The Hall–Kier alpha value is -2.56. The number of carbonyl (C=O) groups is 1. The number of carbonyl (C=O) groups excluding carboxylic acids is 1. The monoisotopic (exact) mass is 322 g/mol. The van der Waals surface area contributed by atoms with Crippen molar-refractivity contribution < 1.29 is 4.79 Å². The van der Waals surface area contributed by atoms with Crippen LogP contribution in [0.1, 0.15) is 30.9 Å². The zero-order valence-corrected chi connectivity index (χ0v) is 13.7. The number of fused-ring (bicyclic) bond motifs is 1. The molecule has 1 unspecified atom stereocenters. The van der Waals surface area contributed by atoms with Crippen molar-refractivity contribution in [2.24, 2.45) is 0 Å². The summed E-state index contributed by atoms with van der Waals surface area (Å²) in [7, 11) is 0. The van der Waals surface area contributed by atoms with Gasteiger partial charge in [-0.05, 0) is 30.9 Å². The number of benzene rings is 1. The lowest BCUT2D eigenvalue weighted by molar-refractivity contribution is -0.132. The number of nitrogens with one attached hydrogen (secondary N) is 1. The first-order valence-electron chi connectivity index (χ1n) is 8.61. The van der Waals surface area contributed by atoms with E-state index in [-0.39, 0.29) is 5.91 Å². The van der Waals surface area contributed by atoms with Gasteiger partial charge in [-0.25, -0.2) is 4.98 Å². The number of likely N-dealkylation sites (tertiary alicyclic amines) is 1. The second kappa shape index (κ2) is 6.51. The largest absolute Gasteiger partial charge is 0.361 e. The van der Waals surface area contributed by atoms with E-state index in [0.29, 0.717) is 12.5 Å². The Balaban J connectivity index is 1.39. The summed E-state index contributed by atoms with van der Waals surface area (Å²) in [6.45, 7) is 1.67. The molecule has 1 aromatic carbocycles. The van der Waals surface area contributed by atoms with Crippen molar-refractivity contribution in [2.45, 2.75) is 31.7 Å². The first kappa shape index (κ1) is 15.0. The summed E-state index contributed by atoms with van der Waals surface area (Å²) < 4.78 is 2.12. The van der Waals surface area contributed by atoms with Gasteiger partial charge in [-0.1, -0.05) is 18.2 Å². The maximum atomic E-state index is 12.6. The summed E-state index contributed by atoms with van der Waals surface area (Å²) in [6, 6.07) is 8.61. The molecule has 5 nitrogen and oxygen atoms in total. The van der Waals surface area contributed by atoms with Crippen molar-refractivity contribution in [3.05, 3.63) is 54.7 Å². The summed E-state index contributed by atoms with van der Waals surface area (Å²) >= 11 is 0. The standard InChI is InChI=1S/C19H22N4O/c24-19(8-7-15-12-21-18-6-2-1-5-17(15)18)22-10-3-4-16(13-22)23-11-9-20-14-23/h1-2,5-6,9,11-12,14,16,21H,3-4,7-8,10,13H2. The third-order valence-corrected chi connectivity index (χ3v) is 4.98. The number of amides is 1. The van der Waals surface area contributed by atoms with Gasteiger partial charge < -0.3 is 14.5 Å². The van der Waals surface area contributed by atoms with Crippen LogP contribution in [0, 0.1) is 0 Å². The molecule has 3 aromatic rings. The fourth-order valence-corrected chi connectivity index (χ4v) is 3.65. The molecular weight excluding hydrogens is 300 g/mol. The van der Waals surface area contributed by atoms with E-state index in [1.807, 2.05) is 35.8 Å². The molecule has 0 spiro atoms. The maximum Gasteiger partial charge on any atom is 0.222 e. The van der Waals surface area contributed by atoms with E-state index >= 15 is 0 Å². The van der Waals surface area contributed by atoms with Gasteiger partial charge in [0.2, 0.25) is 5.91 Å². The Labute approximate surface area is 141 Å². The zero-order valence-electron chi connectivity index (χ0n) is 13.7. The number of hydrogen-bond donors (Lipinski definition) is 1. The van der Waals surface area contributed by atoms with Gasteiger partial charge in [0.05, 0.1) is 12.4 Å². The van der Waals surface area contributed by atoms with E-state index in [2.05, 4.69) is 26.7 Å². The van der Waals surface area contributed by atoms with E-state index in [9.17, 15) is 4.79 Å². The third kappa shape index (κ3) is 2.94. The molecule has 1 amide bonds. The Bertz CT molecular complexity index is 821. The summed E-state index contributed by atoms with van der Waals surface area (Å²) in [5.74, 6) is 0.255. The van der Waals surface area contributed by atoms with Crippen LogP contribution in [0.2, 0.25) is 0 Å².